The topological polar surface area (TPSA) is 77.5 Å². The molecule has 1 N–H and O–H groups in total. The number of aromatic nitrogens is 1. The van der Waals surface area contributed by atoms with Crippen molar-refractivity contribution in [2.45, 2.75) is 16.7 Å². The second-order valence-corrected chi connectivity index (χ2v) is 10.5. The van der Waals surface area contributed by atoms with Crippen LogP contribution in [-0.2, 0) is 16.4 Å². The van der Waals surface area contributed by atoms with Gasteiger partial charge in [-0.2, -0.15) is 0 Å². The summed E-state index contributed by atoms with van der Waals surface area (Å²) in [6.45, 7) is 0.319. The molecule has 0 aliphatic carbocycles. The van der Waals surface area contributed by atoms with Crippen molar-refractivity contribution in [3.63, 3.8) is 0 Å². The van der Waals surface area contributed by atoms with Crippen LogP contribution in [0.3, 0.4) is 0 Å². The average molecular weight is 545 g/mol. The predicted octanol–water partition coefficient (Wildman–Crippen LogP) is 6.21. The van der Waals surface area contributed by atoms with Crippen molar-refractivity contribution in [3.05, 3.63) is 112 Å². The van der Waals surface area contributed by atoms with Gasteiger partial charge in [-0.05, 0) is 71.8 Å². The molecule has 0 saturated carbocycles. The van der Waals surface area contributed by atoms with Crippen LogP contribution >= 0.6 is 11.6 Å². The van der Waals surface area contributed by atoms with Crippen LogP contribution in [0.2, 0.25) is 5.02 Å². The summed E-state index contributed by atoms with van der Waals surface area (Å²) in [7, 11) is -1.22. The number of ether oxygens (including phenoxy) is 2. The van der Waals surface area contributed by atoms with Gasteiger partial charge in [0.2, 0.25) is 0 Å². The van der Waals surface area contributed by atoms with Crippen LogP contribution in [0.25, 0.3) is 0 Å². The highest BCUT2D eigenvalue weighted by Gasteiger charge is 2.35. The number of hydrogen-bond acceptors (Lipinski definition) is 6. The first kappa shape index (κ1) is 26.4. The van der Waals surface area contributed by atoms with Gasteiger partial charge in [-0.25, -0.2) is 22.2 Å². The molecule has 1 heterocycles. The van der Waals surface area contributed by atoms with E-state index in [4.69, 9.17) is 21.1 Å². The first-order valence-electron chi connectivity index (χ1n) is 11.1. The smallest absolute Gasteiger partial charge is 0.189 e. The highest BCUT2D eigenvalue weighted by molar-refractivity contribution is 7.92. The van der Waals surface area contributed by atoms with E-state index in [-0.39, 0.29) is 10.5 Å². The summed E-state index contributed by atoms with van der Waals surface area (Å²) in [6.07, 6.45) is 1.38. The molecule has 0 fully saturated rings. The largest absolute Gasteiger partial charge is 0.493 e. The minimum absolute atomic E-state index is 0.124. The molecule has 0 aliphatic rings. The quantitative estimate of drug-likeness (QED) is 0.270. The Balaban J connectivity index is 1.73. The summed E-state index contributed by atoms with van der Waals surface area (Å²) < 4.78 is 67.9. The zero-order valence-electron chi connectivity index (χ0n) is 19.9. The third kappa shape index (κ3) is 5.68. The van der Waals surface area contributed by atoms with Gasteiger partial charge < -0.3 is 14.8 Å². The molecule has 6 nitrogen and oxygen atoms in total. The van der Waals surface area contributed by atoms with Crippen molar-refractivity contribution < 1.29 is 26.7 Å². The zero-order valence-corrected chi connectivity index (χ0v) is 21.5. The maximum atomic E-state index is 14.9. The minimum atomic E-state index is -4.29. The number of rotatable bonds is 9. The van der Waals surface area contributed by atoms with Gasteiger partial charge in [0.15, 0.2) is 21.3 Å². The maximum absolute atomic E-state index is 14.9. The fourth-order valence-corrected chi connectivity index (χ4v) is 5.87. The molecule has 4 aromatic rings. The Bertz CT molecular complexity index is 1500. The second kappa shape index (κ2) is 11.1. The van der Waals surface area contributed by atoms with Crippen LogP contribution in [0, 0.1) is 11.6 Å². The molecular formula is C27H23ClF2N2O4S. The number of benzene rings is 3. The third-order valence-corrected chi connectivity index (χ3v) is 8.03. The lowest BCUT2D eigenvalue weighted by atomic mass is 10.0. The highest BCUT2D eigenvalue weighted by atomic mass is 35.5. The standard InChI is InChI=1S/C27H23ClF2N2O4S/c1-35-23-11-6-17(14-24(23)36-2)16-32-25-15-18(12-13-31-25)27(26-21(29)4-3-5-22(26)30)37(33,34)20-9-7-19(28)8-10-20/h3-15,27H,16H2,1-2H3,(H,31,32). The van der Waals surface area contributed by atoms with Crippen molar-refractivity contribution in [1.82, 2.24) is 4.98 Å². The van der Waals surface area contributed by atoms with Crippen LogP contribution in [0.4, 0.5) is 14.6 Å². The Morgan fingerprint density at radius 2 is 1.59 bits per heavy atom. The Labute approximate surface area is 218 Å². The monoisotopic (exact) mass is 544 g/mol. The van der Waals surface area contributed by atoms with Crippen molar-refractivity contribution >= 4 is 27.3 Å². The molecular weight excluding hydrogens is 522 g/mol. The van der Waals surface area contributed by atoms with Crippen LogP contribution in [0.15, 0.2) is 83.9 Å². The first-order chi connectivity index (χ1) is 17.7. The predicted molar refractivity (Wildman–Crippen MR) is 138 cm³/mol. The molecule has 4 rings (SSSR count). The summed E-state index contributed by atoms with van der Waals surface area (Å²) in [5.41, 5.74) is 0.411. The molecule has 0 radical (unpaired) electrons. The normalized spacial score (nSPS) is 12.1. The number of nitrogens with zero attached hydrogens (tertiary/aromatic N) is 1. The van der Waals surface area contributed by atoms with E-state index in [9.17, 15) is 17.2 Å². The van der Waals surface area contributed by atoms with E-state index in [0.29, 0.717) is 28.9 Å². The Hall–Kier alpha value is -3.69. The fraction of sp³-hybridized carbons (Fsp3) is 0.148. The maximum Gasteiger partial charge on any atom is 0.189 e. The van der Waals surface area contributed by atoms with E-state index >= 15 is 0 Å². The Morgan fingerprint density at radius 3 is 2.24 bits per heavy atom. The van der Waals surface area contributed by atoms with Crippen LogP contribution in [0.5, 0.6) is 11.5 Å². The molecule has 0 amide bonds. The molecule has 3 aromatic carbocycles. The van der Waals surface area contributed by atoms with E-state index in [0.717, 1.165) is 17.7 Å². The van der Waals surface area contributed by atoms with Crippen LogP contribution in [-0.4, -0.2) is 27.6 Å². The number of sulfone groups is 1. The van der Waals surface area contributed by atoms with E-state index in [2.05, 4.69) is 10.3 Å². The lowest BCUT2D eigenvalue weighted by molar-refractivity contribution is 0.354. The van der Waals surface area contributed by atoms with Gasteiger partial charge in [-0.3, -0.25) is 0 Å². The summed E-state index contributed by atoms with van der Waals surface area (Å²) in [6, 6.07) is 16.9. The van der Waals surface area contributed by atoms with E-state index in [1.54, 1.807) is 12.1 Å². The SMILES string of the molecule is COc1ccc(CNc2cc(C(c3c(F)cccc3F)S(=O)(=O)c3ccc(Cl)cc3)ccn2)cc1OC. The van der Waals surface area contributed by atoms with E-state index in [1.165, 1.54) is 62.9 Å². The summed E-state index contributed by atoms with van der Waals surface area (Å²) in [5.74, 6) is -0.500. The molecule has 1 atom stereocenters. The molecule has 0 saturated heterocycles. The van der Waals surface area contributed by atoms with Crippen molar-refractivity contribution in [1.29, 1.82) is 0 Å². The molecule has 37 heavy (non-hydrogen) atoms. The van der Waals surface area contributed by atoms with Crippen molar-refractivity contribution in [2.24, 2.45) is 0 Å². The highest BCUT2D eigenvalue weighted by Crippen LogP contribution is 2.38. The van der Waals surface area contributed by atoms with E-state index in [1.807, 2.05) is 6.07 Å². The van der Waals surface area contributed by atoms with Gasteiger partial charge in [0, 0.05) is 23.3 Å². The van der Waals surface area contributed by atoms with Crippen LogP contribution in [0.1, 0.15) is 21.9 Å². The number of pyridine rings is 1. The summed E-state index contributed by atoms with van der Waals surface area (Å²) in [5, 5.41) is 1.78. The summed E-state index contributed by atoms with van der Waals surface area (Å²) in [4.78, 5) is 4.13. The average Bonchev–Trinajstić information content (AvgIpc) is 2.89. The van der Waals surface area contributed by atoms with Crippen molar-refractivity contribution in [3.8, 4) is 11.5 Å². The van der Waals surface area contributed by atoms with E-state index < -0.39 is 32.3 Å². The van der Waals surface area contributed by atoms with Gasteiger partial charge in [0.05, 0.1) is 19.1 Å². The lowest BCUT2D eigenvalue weighted by Crippen LogP contribution is -2.18. The molecule has 1 aromatic heterocycles. The molecule has 0 bridgehead atoms. The number of halogens is 3. The second-order valence-electron chi connectivity index (χ2n) is 8.03. The number of nitrogens with one attached hydrogen (secondary N) is 1. The molecule has 10 heteroatoms. The molecule has 192 valence electrons. The van der Waals surface area contributed by atoms with Gasteiger partial charge in [-0.1, -0.05) is 23.7 Å². The fourth-order valence-electron chi connectivity index (χ4n) is 3.91. The summed E-state index contributed by atoms with van der Waals surface area (Å²) >= 11 is 5.92. The number of anilines is 1. The Morgan fingerprint density at radius 1 is 0.919 bits per heavy atom. The molecule has 0 spiro atoms. The minimum Gasteiger partial charge on any atom is -0.493 e. The van der Waals surface area contributed by atoms with Crippen LogP contribution < -0.4 is 14.8 Å². The molecule has 0 aliphatic heterocycles. The number of methoxy groups -OCH3 is 2. The Kier molecular flexibility index (Phi) is 7.94. The lowest BCUT2D eigenvalue weighted by Gasteiger charge is -2.21. The van der Waals surface area contributed by atoms with Gasteiger partial charge in [-0.15, -0.1) is 0 Å². The zero-order chi connectivity index (χ0) is 26.6. The number of hydrogen-bond donors (Lipinski definition) is 1. The van der Waals surface area contributed by atoms with Gasteiger partial charge >= 0.3 is 0 Å². The first-order valence-corrected chi connectivity index (χ1v) is 13.0. The van der Waals surface area contributed by atoms with Gasteiger partial charge in [0.25, 0.3) is 0 Å². The van der Waals surface area contributed by atoms with Gasteiger partial charge in [0.1, 0.15) is 22.7 Å². The third-order valence-electron chi connectivity index (χ3n) is 5.72. The molecule has 1 unspecified atom stereocenters. The van der Waals surface area contributed by atoms with Crippen molar-refractivity contribution in [2.75, 3.05) is 19.5 Å².